The van der Waals surface area contributed by atoms with E-state index in [4.69, 9.17) is 0 Å². The third-order valence-corrected chi connectivity index (χ3v) is 4.47. The van der Waals surface area contributed by atoms with Crippen LogP contribution in [0.15, 0.2) is 30.3 Å². The van der Waals surface area contributed by atoms with Gasteiger partial charge in [-0.2, -0.15) is 5.10 Å². The van der Waals surface area contributed by atoms with Crippen LogP contribution in [0.4, 0.5) is 0 Å². The summed E-state index contributed by atoms with van der Waals surface area (Å²) < 4.78 is 1.63. The number of benzene rings is 1. The lowest BCUT2D eigenvalue weighted by atomic mass is 10.1. The highest BCUT2D eigenvalue weighted by Crippen LogP contribution is 2.18. The van der Waals surface area contributed by atoms with Crippen LogP contribution in [0.1, 0.15) is 48.9 Å². The van der Waals surface area contributed by atoms with E-state index in [1.165, 1.54) is 0 Å². The number of carbonyl (C=O) groups is 3. The molecule has 144 valence electrons. The van der Waals surface area contributed by atoms with E-state index in [9.17, 15) is 14.4 Å². The zero-order chi connectivity index (χ0) is 20.1. The molecule has 2 N–H and O–H groups in total. The number of nitrogens with zero attached hydrogens (tertiary/aromatic N) is 2. The number of Topliss-reactive ketones (excluding diaryl/α,β-unsaturated/α-hetero) is 1. The molecule has 2 aromatic rings. The zero-order valence-corrected chi connectivity index (χ0v) is 16.4. The standard InChI is InChI=1S/C20H26N4O3/c1-6-12(2)21-19(26)14(4)22-20(27)18(25)17-13(3)23-24(15(17)5)16-10-8-7-9-11-16/h7-12,14H,6H2,1-5H3,(H,21,26)(H,22,27). The van der Waals surface area contributed by atoms with Crippen molar-refractivity contribution >= 4 is 17.6 Å². The largest absolute Gasteiger partial charge is 0.352 e. The van der Waals surface area contributed by atoms with Crippen LogP contribution < -0.4 is 10.6 Å². The molecule has 0 aliphatic heterocycles. The molecule has 0 fully saturated rings. The number of hydrogen-bond donors (Lipinski definition) is 2. The molecule has 27 heavy (non-hydrogen) atoms. The lowest BCUT2D eigenvalue weighted by molar-refractivity contribution is -0.127. The highest BCUT2D eigenvalue weighted by Gasteiger charge is 2.27. The molecule has 0 saturated heterocycles. The molecular weight excluding hydrogens is 344 g/mol. The van der Waals surface area contributed by atoms with E-state index in [2.05, 4.69) is 15.7 Å². The van der Waals surface area contributed by atoms with Crippen molar-refractivity contribution in [3.8, 4) is 5.69 Å². The molecular formula is C20H26N4O3. The summed E-state index contributed by atoms with van der Waals surface area (Å²) in [5.74, 6) is -1.84. The summed E-state index contributed by atoms with van der Waals surface area (Å²) in [5, 5.41) is 9.64. The molecule has 0 saturated carbocycles. The summed E-state index contributed by atoms with van der Waals surface area (Å²) in [7, 11) is 0. The van der Waals surface area contributed by atoms with Crippen molar-refractivity contribution in [1.29, 1.82) is 0 Å². The third kappa shape index (κ3) is 4.61. The number of ketones is 1. The van der Waals surface area contributed by atoms with E-state index in [0.29, 0.717) is 11.4 Å². The third-order valence-electron chi connectivity index (χ3n) is 4.47. The molecule has 1 heterocycles. The molecule has 0 aliphatic rings. The topological polar surface area (TPSA) is 93.1 Å². The molecule has 7 heteroatoms. The van der Waals surface area contributed by atoms with Crippen LogP contribution in [-0.4, -0.2) is 39.5 Å². The van der Waals surface area contributed by atoms with Gasteiger partial charge in [0.2, 0.25) is 5.91 Å². The number of nitrogens with one attached hydrogen (secondary N) is 2. The Morgan fingerprint density at radius 1 is 1.07 bits per heavy atom. The minimum atomic E-state index is -0.819. The first-order valence-electron chi connectivity index (χ1n) is 9.03. The van der Waals surface area contributed by atoms with Gasteiger partial charge in [-0.25, -0.2) is 4.68 Å². The van der Waals surface area contributed by atoms with E-state index in [-0.39, 0.29) is 17.5 Å². The van der Waals surface area contributed by atoms with Crippen molar-refractivity contribution in [2.75, 3.05) is 0 Å². The van der Waals surface area contributed by atoms with E-state index in [0.717, 1.165) is 12.1 Å². The van der Waals surface area contributed by atoms with Crippen LogP contribution in [0, 0.1) is 13.8 Å². The summed E-state index contributed by atoms with van der Waals surface area (Å²) >= 11 is 0. The first-order valence-corrected chi connectivity index (χ1v) is 9.03. The Kier molecular flexibility index (Phi) is 6.50. The second-order valence-electron chi connectivity index (χ2n) is 6.64. The molecule has 0 spiro atoms. The molecule has 1 aromatic heterocycles. The van der Waals surface area contributed by atoms with Crippen LogP contribution in [0.25, 0.3) is 5.69 Å². The Hall–Kier alpha value is -2.96. The van der Waals surface area contributed by atoms with E-state index < -0.39 is 17.7 Å². The van der Waals surface area contributed by atoms with Gasteiger partial charge < -0.3 is 10.6 Å². The molecule has 7 nitrogen and oxygen atoms in total. The first-order chi connectivity index (χ1) is 12.8. The van der Waals surface area contributed by atoms with E-state index in [1.54, 1.807) is 25.5 Å². The average molecular weight is 370 g/mol. The highest BCUT2D eigenvalue weighted by molar-refractivity contribution is 6.43. The van der Waals surface area contributed by atoms with Gasteiger partial charge in [0.05, 0.1) is 22.6 Å². The average Bonchev–Trinajstić information content (AvgIpc) is 2.95. The van der Waals surface area contributed by atoms with Gasteiger partial charge in [0.25, 0.3) is 11.7 Å². The van der Waals surface area contributed by atoms with Gasteiger partial charge in [0.15, 0.2) is 0 Å². The number of rotatable bonds is 7. The van der Waals surface area contributed by atoms with Crippen LogP contribution in [0.5, 0.6) is 0 Å². The fourth-order valence-corrected chi connectivity index (χ4v) is 2.70. The van der Waals surface area contributed by atoms with Gasteiger partial charge in [0.1, 0.15) is 6.04 Å². The number of hydrogen-bond acceptors (Lipinski definition) is 4. The predicted molar refractivity (Wildman–Crippen MR) is 103 cm³/mol. The van der Waals surface area contributed by atoms with Crippen molar-refractivity contribution in [3.05, 3.63) is 47.3 Å². The van der Waals surface area contributed by atoms with Crippen LogP contribution in [-0.2, 0) is 9.59 Å². The van der Waals surface area contributed by atoms with Gasteiger partial charge in [-0.05, 0) is 46.2 Å². The van der Waals surface area contributed by atoms with E-state index >= 15 is 0 Å². The number of aryl methyl sites for hydroxylation is 1. The number of aromatic nitrogens is 2. The molecule has 2 atom stereocenters. The molecule has 1 aromatic carbocycles. The van der Waals surface area contributed by atoms with Gasteiger partial charge in [-0.1, -0.05) is 25.1 Å². The molecule has 2 rings (SSSR count). The number of amides is 2. The molecule has 0 radical (unpaired) electrons. The number of carbonyl (C=O) groups excluding carboxylic acids is 3. The second kappa shape index (κ2) is 8.62. The van der Waals surface area contributed by atoms with Crippen molar-refractivity contribution in [2.45, 2.75) is 53.1 Å². The van der Waals surface area contributed by atoms with Crippen molar-refractivity contribution in [2.24, 2.45) is 0 Å². The fourth-order valence-electron chi connectivity index (χ4n) is 2.70. The smallest absolute Gasteiger partial charge is 0.293 e. The van der Waals surface area contributed by atoms with Crippen molar-refractivity contribution < 1.29 is 14.4 Å². The summed E-state index contributed by atoms with van der Waals surface area (Å²) in [6, 6.07) is 8.57. The zero-order valence-electron chi connectivity index (χ0n) is 16.4. The second-order valence-corrected chi connectivity index (χ2v) is 6.64. The Labute approximate surface area is 159 Å². The Bertz CT molecular complexity index is 842. The minimum Gasteiger partial charge on any atom is -0.352 e. The van der Waals surface area contributed by atoms with Gasteiger partial charge in [0, 0.05) is 6.04 Å². The van der Waals surface area contributed by atoms with Crippen LogP contribution >= 0.6 is 0 Å². The molecule has 0 aliphatic carbocycles. The summed E-state index contributed by atoms with van der Waals surface area (Å²) in [6.45, 7) is 8.81. The van der Waals surface area contributed by atoms with Crippen LogP contribution in [0.3, 0.4) is 0 Å². The maximum Gasteiger partial charge on any atom is 0.293 e. The van der Waals surface area contributed by atoms with Gasteiger partial charge in [-0.15, -0.1) is 0 Å². The summed E-state index contributed by atoms with van der Waals surface area (Å²) in [4.78, 5) is 37.1. The molecule has 0 bridgehead atoms. The molecule has 2 amide bonds. The SMILES string of the molecule is CCC(C)NC(=O)C(C)NC(=O)C(=O)c1c(C)nn(-c2ccccc2)c1C. The number of para-hydroxylation sites is 1. The normalized spacial score (nSPS) is 12.9. The summed E-state index contributed by atoms with van der Waals surface area (Å²) in [5.41, 5.74) is 2.11. The fraction of sp³-hybridized carbons (Fsp3) is 0.400. The minimum absolute atomic E-state index is 0.00106. The monoisotopic (exact) mass is 370 g/mol. The quantitative estimate of drug-likeness (QED) is 0.576. The lowest BCUT2D eigenvalue weighted by Crippen LogP contribution is -2.49. The highest BCUT2D eigenvalue weighted by atomic mass is 16.2. The van der Waals surface area contributed by atoms with E-state index in [1.807, 2.05) is 44.2 Å². The first kappa shape index (κ1) is 20.4. The van der Waals surface area contributed by atoms with Crippen LogP contribution in [0.2, 0.25) is 0 Å². The maximum absolute atomic E-state index is 12.7. The van der Waals surface area contributed by atoms with Gasteiger partial charge >= 0.3 is 0 Å². The Balaban J connectivity index is 2.17. The van der Waals surface area contributed by atoms with Gasteiger partial charge in [-0.3, -0.25) is 14.4 Å². The van der Waals surface area contributed by atoms with Crippen molar-refractivity contribution in [1.82, 2.24) is 20.4 Å². The Morgan fingerprint density at radius 3 is 2.30 bits per heavy atom. The maximum atomic E-state index is 12.7. The Morgan fingerprint density at radius 2 is 1.70 bits per heavy atom. The predicted octanol–water partition coefficient (Wildman–Crippen LogP) is 2.09. The van der Waals surface area contributed by atoms with Crippen molar-refractivity contribution in [3.63, 3.8) is 0 Å². The molecule has 2 unspecified atom stereocenters. The lowest BCUT2D eigenvalue weighted by Gasteiger charge is -2.17. The summed E-state index contributed by atoms with van der Waals surface area (Å²) in [6.07, 6.45) is 0.780.